The standard InChI is InChI=1S/C15H21N3O/c1-12-10-17(2)14(8-9-16)11-18(12)13-4-6-15(19-3)7-5-13/h4-7,12,14H,8,10-11H2,1-3H3. The second kappa shape index (κ2) is 5.94. The Morgan fingerprint density at radius 3 is 2.58 bits per heavy atom. The minimum absolute atomic E-state index is 0.309. The van der Waals surface area contributed by atoms with Crippen molar-refractivity contribution in [3.05, 3.63) is 24.3 Å². The van der Waals surface area contributed by atoms with E-state index >= 15 is 0 Å². The number of likely N-dealkylation sites (N-methyl/N-ethyl adjacent to an activating group) is 1. The summed E-state index contributed by atoms with van der Waals surface area (Å²) in [6, 6.07) is 11.2. The number of hydrogen-bond acceptors (Lipinski definition) is 4. The second-order valence-corrected chi connectivity index (χ2v) is 5.16. The summed E-state index contributed by atoms with van der Waals surface area (Å²) in [4.78, 5) is 4.66. The molecule has 19 heavy (non-hydrogen) atoms. The molecule has 2 atom stereocenters. The van der Waals surface area contributed by atoms with Gasteiger partial charge in [0.2, 0.25) is 0 Å². The van der Waals surface area contributed by atoms with Gasteiger partial charge in [0.1, 0.15) is 5.75 Å². The normalized spacial score (nSPS) is 24.0. The summed E-state index contributed by atoms with van der Waals surface area (Å²) in [7, 11) is 3.78. The molecule has 0 amide bonds. The topological polar surface area (TPSA) is 39.5 Å². The Morgan fingerprint density at radius 2 is 2.00 bits per heavy atom. The summed E-state index contributed by atoms with van der Waals surface area (Å²) in [5, 5.41) is 8.92. The van der Waals surface area contributed by atoms with E-state index in [1.54, 1.807) is 7.11 Å². The van der Waals surface area contributed by atoms with Crippen LogP contribution in [0.2, 0.25) is 0 Å². The molecule has 1 aromatic rings. The average molecular weight is 259 g/mol. The molecule has 1 fully saturated rings. The van der Waals surface area contributed by atoms with Crippen molar-refractivity contribution in [2.24, 2.45) is 0 Å². The lowest BCUT2D eigenvalue weighted by atomic mass is 10.0. The van der Waals surface area contributed by atoms with Gasteiger partial charge in [-0.3, -0.25) is 4.90 Å². The molecule has 4 heteroatoms. The van der Waals surface area contributed by atoms with Gasteiger partial charge in [-0.25, -0.2) is 0 Å². The van der Waals surface area contributed by atoms with Crippen LogP contribution >= 0.6 is 0 Å². The zero-order valence-corrected chi connectivity index (χ0v) is 11.8. The smallest absolute Gasteiger partial charge is 0.119 e. The number of anilines is 1. The van der Waals surface area contributed by atoms with Crippen molar-refractivity contribution < 1.29 is 4.74 Å². The molecule has 0 radical (unpaired) electrons. The number of hydrogen-bond donors (Lipinski definition) is 0. The van der Waals surface area contributed by atoms with E-state index in [1.165, 1.54) is 5.69 Å². The maximum atomic E-state index is 8.92. The summed E-state index contributed by atoms with van der Waals surface area (Å²) in [5.41, 5.74) is 1.20. The van der Waals surface area contributed by atoms with Gasteiger partial charge >= 0.3 is 0 Å². The van der Waals surface area contributed by atoms with Crippen molar-refractivity contribution >= 4 is 5.69 Å². The molecule has 0 N–H and O–H groups in total. The van der Waals surface area contributed by atoms with E-state index in [0.29, 0.717) is 18.5 Å². The van der Waals surface area contributed by atoms with E-state index in [9.17, 15) is 0 Å². The molecule has 1 aliphatic heterocycles. The van der Waals surface area contributed by atoms with Crippen molar-refractivity contribution in [1.82, 2.24) is 4.90 Å². The predicted octanol–water partition coefficient (Wildman–Crippen LogP) is 2.12. The summed E-state index contributed by atoms with van der Waals surface area (Å²) >= 11 is 0. The fourth-order valence-electron chi connectivity index (χ4n) is 2.67. The third-order valence-electron chi connectivity index (χ3n) is 3.85. The molecule has 2 unspecified atom stereocenters. The van der Waals surface area contributed by atoms with Gasteiger partial charge in [0, 0.05) is 30.9 Å². The van der Waals surface area contributed by atoms with Crippen molar-refractivity contribution in [2.75, 3.05) is 32.1 Å². The largest absolute Gasteiger partial charge is 0.497 e. The Hall–Kier alpha value is -1.73. The van der Waals surface area contributed by atoms with Crippen LogP contribution in [-0.4, -0.2) is 44.2 Å². The SMILES string of the molecule is COc1ccc(N2CC(CC#N)N(C)CC2C)cc1. The van der Waals surface area contributed by atoms with Crippen molar-refractivity contribution in [1.29, 1.82) is 5.26 Å². The highest BCUT2D eigenvalue weighted by atomic mass is 16.5. The predicted molar refractivity (Wildman–Crippen MR) is 76.5 cm³/mol. The third-order valence-corrected chi connectivity index (χ3v) is 3.85. The van der Waals surface area contributed by atoms with E-state index in [1.807, 2.05) is 12.1 Å². The third kappa shape index (κ3) is 2.99. The highest BCUT2D eigenvalue weighted by Crippen LogP contribution is 2.25. The Morgan fingerprint density at radius 1 is 1.32 bits per heavy atom. The van der Waals surface area contributed by atoms with Gasteiger partial charge in [0.15, 0.2) is 0 Å². The highest BCUT2D eigenvalue weighted by molar-refractivity contribution is 5.50. The van der Waals surface area contributed by atoms with E-state index in [-0.39, 0.29) is 0 Å². The van der Waals surface area contributed by atoms with Gasteiger partial charge in [-0.05, 0) is 38.2 Å². The lowest BCUT2D eigenvalue weighted by molar-refractivity contribution is 0.194. The van der Waals surface area contributed by atoms with Crippen molar-refractivity contribution in [2.45, 2.75) is 25.4 Å². The molecule has 0 aromatic heterocycles. The minimum atomic E-state index is 0.309. The first-order chi connectivity index (χ1) is 9.15. The average Bonchev–Trinajstić information content (AvgIpc) is 2.42. The molecule has 4 nitrogen and oxygen atoms in total. The van der Waals surface area contributed by atoms with Crippen LogP contribution in [0.15, 0.2) is 24.3 Å². The number of ether oxygens (including phenoxy) is 1. The number of nitrogens with zero attached hydrogens (tertiary/aromatic N) is 3. The maximum absolute atomic E-state index is 8.92. The maximum Gasteiger partial charge on any atom is 0.119 e. The van der Waals surface area contributed by atoms with Crippen LogP contribution < -0.4 is 9.64 Å². The zero-order valence-electron chi connectivity index (χ0n) is 11.8. The molecule has 1 aromatic carbocycles. The number of benzene rings is 1. The fraction of sp³-hybridized carbons (Fsp3) is 0.533. The molecular formula is C15H21N3O. The van der Waals surface area contributed by atoms with Crippen LogP contribution in [0.1, 0.15) is 13.3 Å². The van der Waals surface area contributed by atoms with Crippen LogP contribution in [-0.2, 0) is 0 Å². The first kappa shape index (κ1) is 13.7. The monoisotopic (exact) mass is 259 g/mol. The van der Waals surface area contributed by atoms with E-state index in [0.717, 1.165) is 18.8 Å². The molecule has 102 valence electrons. The zero-order chi connectivity index (χ0) is 13.8. The van der Waals surface area contributed by atoms with Gasteiger partial charge in [0.05, 0.1) is 19.6 Å². The number of nitriles is 1. The first-order valence-corrected chi connectivity index (χ1v) is 6.63. The Kier molecular flexibility index (Phi) is 4.28. The van der Waals surface area contributed by atoms with Crippen molar-refractivity contribution in [3.63, 3.8) is 0 Å². The first-order valence-electron chi connectivity index (χ1n) is 6.63. The van der Waals surface area contributed by atoms with E-state index in [4.69, 9.17) is 10.00 Å². The molecule has 1 saturated heterocycles. The van der Waals surface area contributed by atoms with Gasteiger partial charge in [-0.15, -0.1) is 0 Å². The number of rotatable bonds is 3. The lowest BCUT2D eigenvalue weighted by Gasteiger charge is -2.44. The van der Waals surface area contributed by atoms with Crippen LogP contribution in [0.5, 0.6) is 5.75 Å². The summed E-state index contributed by atoms with van der Waals surface area (Å²) in [6.07, 6.45) is 0.579. The molecule has 1 aliphatic rings. The molecule has 1 heterocycles. The second-order valence-electron chi connectivity index (χ2n) is 5.16. The molecule has 0 aliphatic carbocycles. The highest BCUT2D eigenvalue weighted by Gasteiger charge is 2.29. The quantitative estimate of drug-likeness (QED) is 0.833. The van der Waals surface area contributed by atoms with E-state index < -0.39 is 0 Å². The van der Waals surface area contributed by atoms with Crippen molar-refractivity contribution in [3.8, 4) is 11.8 Å². The van der Waals surface area contributed by atoms with E-state index in [2.05, 4.69) is 42.0 Å². The Balaban J connectivity index is 2.15. The van der Waals surface area contributed by atoms with Gasteiger partial charge in [0.25, 0.3) is 0 Å². The fourth-order valence-corrected chi connectivity index (χ4v) is 2.67. The Bertz CT molecular complexity index is 451. The number of piperazine rings is 1. The number of methoxy groups -OCH3 is 1. The summed E-state index contributed by atoms with van der Waals surface area (Å²) in [6.45, 7) is 4.11. The van der Waals surface area contributed by atoms with Crippen LogP contribution in [0, 0.1) is 11.3 Å². The van der Waals surface area contributed by atoms with Crippen LogP contribution in [0.3, 0.4) is 0 Å². The molecule has 0 bridgehead atoms. The summed E-state index contributed by atoms with van der Waals surface area (Å²) in [5.74, 6) is 0.874. The lowest BCUT2D eigenvalue weighted by Crippen LogP contribution is -2.56. The minimum Gasteiger partial charge on any atom is -0.497 e. The van der Waals surface area contributed by atoms with Crippen LogP contribution in [0.25, 0.3) is 0 Å². The Labute approximate surface area is 115 Å². The summed E-state index contributed by atoms with van der Waals surface area (Å²) < 4.78 is 5.19. The molecular weight excluding hydrogens is 238 g/mol. The van der Waals surface area contributed by atoms with Gasteiger partial charge in [-0.1, -0.05) is 0 Å². The van der Waals surface area contributed by atoms with Gasteiger partial charge < -0.3 is 9.64 Å². The molecule has 0 spiro atoms. The van der Waals surface area contributed by atoms with Gasteiger partial charge in [-0.2, -0.15) is 5.26 Å². The van der Waals surface area contributed by atoms with Crippen LogP contribution in [0.4, 0.5) is 5.69 Å². The molecule has 2 rings (SSSR count). The molecule has 0 saturated carbocycles.